The lowest BCUT2D eigenvalue weighted by molar-refractivity contribution is 1.33. The first kappa shape index (κ1) is 12.8. The van der Waals surface area contributed by atoms with Crippen LogP contribution >= 0.6 is 31.9 Å². The standard InChI is InChI=1S/C16H11Br2N/c1-10-8-12-9-14(18)6-7-15(12)19-16(10)11-2-4-13(17)5-3-11/h2-9H,1H3. The van der Waals surface area contributed by atoms with E-state index in [9.17, 15) is 0 Å². The molecular weight excluding hydrogens is 366 g/mol. The first-order valence-corrected chi connectivity index (χ1v) is 7.55. The Labute approximate surface area is 128 Å². The van der Waals surface area contributed by atoms with Crippen LogP contribution in [0, 0.1) is 6.92 Å². The molecule has 1 aromatic heterocycles. The average molecular weight is 377 g/mol. The summed E-state index contributed by atoms with van der Waals surface area (Å²) in [4.78, 5) is 4.78. The average Bonchev–Trinajstić information content (AvgIpc) is 2.39. The van der Waals surface area contributed by atoms with Gasteiger partial charge in [-0.25, -0.2) is 4.98 Å². The van der Waals surface area contributed by atoms with E-state index in [-0.39, 0.29) is 0 Å². The van der Waals surface area contributed by atoms with Crippen LogP contribution in [-0.2, 0) is 0 Å². The van der Waals surface area contributed by atoms with Crippen molar-refractivity contribution >= 4 is 42.8 Å². The topological polar surface area (TPSA) is 12.9 Å². The summed E-state index contributed by atoms with van der Waals surface area (Å²) in [7, 11) is 0. The number of aryl methyl sites for hydroxylation is 1. The van der Waals surface area contributed by atoms with Crippen LogP contribution in [-0.4, -0.2) is 4.98 Å². The Morgan fingerprint density at radius 3 is 2.26 bits per heavy atom. The van der Waals surface area contributed by atoms with Crippen molar-refractivity contribution in [2.24, 2.45) is 0 Å². The van der Waals surface area contributed by atoms with Crippen LogP contribution in [0.25, 0.3) is 22.2 Å². The minimum absolute atomic E-state index is 1.02. The van der Waals surface area contributed by atoms with Gasteiger partial charge in [0.2, 0.25) is 0 Å². The third kappa shape index (κ3) is 2.58. The van der Waals surface area contributed by atoms with Gasteiger partial charge in [0.15, 0.2) is 0 Å². The second-order valence-electron chi connectivity index (χ2n) is 4.50. The van der Waals surface area contributed by atoms with Gasteiger partial charge in [0, 0.05) is 19.9 Å². The summed E-state index contributed by atoms with van der Waals surface area (Å²) in [6, 6.07) is 16.6. The molecule has 0 amide bonds. The van der Waals surface area contributed by atoms with Gasteiger partial charge in [0.25, 0.3) is 0 Å². The fraction of sp³-hybridized carbons (Fsp3) is 0.0625. The van der Waals surface area contributed by atoms with Crippen molar-refractivity contribution in [2.75, 3.05) is 0 Å². The number of rotatable bonds is 1. The van der Waals surface area contributed by atoms with Crippen molar-refractivity contribution in [3.05, 3.63) is 63.0 Å². The maximum absolute atomic E-state index is 4.78. The van der Waals surface area contributed by atoms with Crippen LogP contribution in [0.1, 0.15) is 5.56 Å². The van der Waals surface area contributed by atoms with E-state index in [0.717, 1.165) is 31.1 Å². The molecule has 0 spiro atoms. The highest BCUT2D eigenvalue weighted by Gasteiger charge is 2.06. The van der Waals surface area contributed by atoms with E-state index in [2.05, 4.69) is 63.0 Å². The molecule has 0 aliphatic heterocycles. The Kier molecular flexibility index (Phi) is 3.42. The van der Waals surface area contributed by atoms with E-state index in [1.807, 2.05) is 24.3 Å². The van der Waals surface area contributed by atoms with Gasteiger partial charge >= 0.3 is 0 Å². The van der Waals surface area contributed by atoms with E-state index in [1.165, 1.54) is 5.56 Å². The highest BCUT2D eigenvalue weighted by molar-refractivity contribution is 9.10. The highest BCUT2D eigenvalue weighted by Crippen LogP contribution is 2.27. The maximum atomic E-state index is 4.78. The van der Waals surface area contributed by atoms with E-state index >= 15 is 0 Å². The van der Waals surface area contributed by atoms with Gasteiger partial charge in [0.05, 0.1) is 11.2 Å². The largest absolute Gasteiger partial charge is 0.248 e. The number of fused-ring (bicyclic) bond motifs is 1. The zero-order valence-electron chi connectivity index (χ0n) is 10.3. The Morgan fingerprint density at radius 2 is 1.53 bits per heavy atom. The summed E-state index contributed by atoms with van der Waals surface area (Å²) in [6.07, 6.45) is 0. The number of hydrogen-bond donors (Lipinski definition) is 0. The van der Waals surface area contributed by atoms with E-state index in [0.29, 0.717) is 0 Å². The normalized spacial score (nSPS) is 10.9. The second kappa shape index (κ2) is 5.06. The summed E-state index contributed by atoms with van der Waals surface area (Å²) >= 11 is 6.95. The molecule has 0 aliphatic carbocycles. The third-order valence-electron chi connectivity index (χ3n) is 3.09. The van der Waals surface area contributed by atoms with E-state index < -0.39 is 0 Å². The summed E-state index contributed by atoms with van der Waals surface area (Å²) in [6.45, 7) is 2.10. The van der Waals surface area contributed by atoms with Crippen LogP contribution < -0.4 is 0 Å². The van der Waals surface area contributed by atoms with Crippen LogP contribution in [0.15, 0.2) is 57.5 Å². The fourth-order valence-corrected chi connectivity index (χ4v) is 2.80. The minimum atomic E-state index is 1.02. The van der Waals surface area contributed by atoms with Crippen LogP contribution in [0.3, 0.4) is 0 Å². The van der Waals surface area contributed by atoms with Gasteiger partial charge in [-0.15, -0.1) is 0 Å². The molecule has 0 aliphatic rings. The number of aromatic nitrogens is 1. The second-order valence-corrected chi connectivity index (χ2v) is 6.33. The Bertz CT molecular complexity index is 749. The summed E-state index contributed by atoms with van der Waals surface area (Å²) in [5.74, 6) is 0. The van der Waals surface area contributed by atoms with E-state index in [1.54, 1.807) is 0 Å². The van der Waals surface area contributed by atoms with Crippen LogP contribution in [0.2, 0.25) is 0 Å². The molecule has 2 aromatic carbocycles. The molecular formula is C16H11Br2N. The van der Waals surface area contributed by atoms with Gasteiger partial charge in [0.1, 0.15) is 0 Å². The summed E-state index contributed by atoms with van der Waals surface area (Å²) in [5.41, 5.74) is 4.40. The van der Waals surface area contributed by atoms with Gasteiger partial charge in [-0.2, -0.15) is 0 Å². The molecule has 19 heavy (non-hydrogen) atoms. The van der Waals surface area contributed by atoms with Crippen molar-refractivity contribution in [1.82, 2.24) is 4.98 Å². The zero-order chi connectivity index (χ0) is 13.4. The fourth-order valence-electron chi connectivity index (χ4n) is 2.15. The number of nitrogens with zero attached hydrogens (tertiary/aromatic N) is 1. The lowest BCUT2D eigenvalue weighted by Gasteiger charge is -2.08. The number of pyridine rings is 1. The van der Waals surface area contributed by atoms with Crippen molar-refractivity contribution in [1.29, 1.82) is 0 Å². The molecule has 3 rings (SSSR count). The molecule has 0 N–H and O–H groups in total. The SMILES string of the molecule is Cc1cc2cc(Br)ccc2nc1-c1ccc(Br)cc1. The monoisotopic (exact) mass is 375 g/mol. The molecule has 0 saturated heterocycles. The number of halogens is 2. The van der Waals surface area contributed by atoms with Crippen molar-refractivity contribution in [3.8, 4) is 11.3 Å². The van der Waals surface area contributed by atoms with Crippen molar-refractivity contribution in [3.63, 3.8) is 0 Å². The maximum Gasteiger partial charge on any atom is 0.0738 e. The molecule has 1 nitrogen and oxygen atoms in total. The van der Waals surface area contributed by atoms with Crippen molar-refractivity contribution in [2.45, 2.75) is 6.92 Å². The van der Waals surface area contributed by atoms with Crippen molar-refractivity contribution < 1.29 is 0 Å². The molecule has 3 heteroatoms. The molecule has 94 valence electrons. The van der Waals surface area contributed by atoms with Gasteiger partial charge in [-0.05, 0) is 48.9 Å². The molecule has 0 radical (unpaired) electrons. The molecule has 0 bridgehead atoms. The molecule has 0 fully saturated rings. The number of hydrogen-bond acceptors (Lipinski definition) is 1. The van der Waals surface area contributed by atoms with E-state index in [4.69, 9.17) is 4.98 Å². The Balaban J connectivity index is 2.21. The lowest BCUT2D eigenvalue weighted by atomic mass is 10.0. The predicted molar refractivity (Wildman–Crippen MR) is 87.3 cm³/mol. The third-order valence-corrected chi connectivity index (χ3v) is 4.11. The Morgan fingerprint density at radius 1 is 0.842 bits per heavy atom. The van der Waals surface area contributed by atoms with Crippen LogP contribution in [0.5, 0.6) is 0 Å². The molecule has 0 unspecified atom stereocenters. The summed E-state index contributed by atoms with van der Waals surface area (Å²) < 4.78 is 2.16. The minimum Gasteiger partial charge on any atom is -0.248 e. The molecule has 1 heterocycles. The number of benzene rings is 2. The summed E-state index contributed by atoms with van der Waals surface area (Å²) in [5, 5.41) is 1.16. The van der Waals surface area contributed by atoms with Gasteiger partial charge in [-0.3, -0.25) is 0 Å². The Hall–Kier alpha value is -1.19. The molecule has 0 saturated carbocycles. The first-order valence-electron chi connectivity index (χ1n) is 5.96. The van der Waals surface area contributed by atoms with Gasteiger partial charge < -0.3 is 0 Å². The van der Waals surface area contributed by atoms with Crippen LogP contribution in [0.4, 0.5) is 0 Å². The zero-order valence-corrected chi connectivity index (χ0v) is 13.5. The quantitative estimate of drug-likeness (QED) is 0.528. The lowest BCUT2D eigenvalue weighted by Crippen LogP contribution is -1.90. The van der Waals surface area contributed by atoms with Gasteiger partial charge in [-0.1, -0.05) is 44.0 Å². The molecule has 0 atom stereocenters. The highest BCUT2D eigenvalue weighted by atomic mass is 79.9. The smallest absolute Gasteiger partial charge is 0.0738 e. The first-order chi connectivity index (χ1) is 9.13. The predicted octanol–water partition coefficient (Wildman–Crippen LogP) is 5.74. The molecule has 3 aromatic rings.